The quantitative estimate of drug-likeness (QED) is 0.246. The van der Waals surface area contributed by atoms with Crippen LogP contribution in [-0.2, 0) is 0 Å². The van der Waals surface area contributed by atoms with E-state index in [0.717, 1.165) is 55.3 Å². The molecule has 0 aliphatic carbocycles. The topological polar surface area (TPSA) is 4.41 Å². The molecule has 0 spiro atoms. The number of nitrogens with zero attached hydrogens (tertiary/aromatic N) is 1. The molecule has 0 N–H and O–H groups in total. The zero-order valence-corrected chi connectivity index (χ0v) is 19.5. The zero-order valence-electron chi connectivity index (χ0n) is 19.5. The molecule has 0 aliphatic heterocycles. The summed E-state index contributed by atoms with van der Waals surface area (Å²) >= 11 is 0. The summed E-state index contributed by atoms with van der Waals surface area (Å²) < 4.78 is 17.1. The van der Waals surface area contributed by atoms with Gasteiger partial charge in [-0.1, -0.05) is 115 Å². The van der Waals surface area contributed by atoms with E-state index < -0.39 is 0 Å². The fourth-order valence-corrected chi connectivity index (χ4v) is 5.56. The van der Waals surface area contributed by atoms with Crippen molar-refractivity contribution in [3.8, 4) is 33.5 Å². The molecule has 36 heavy (non-hydrogen) atoms. The summed E-state index contributed by atoms with van der Waals surface area (Å²) in [4.78, 5) is 0. The fraction of sp³-hybridized carbons (Fsp3) is 0. The van der Waals surface area contributed by atoms with Crippen LogP contribution in [0.25, 0.3) is 60.7 Å². The number of aromatic nitrogens is 1. The number of fused-ring (bicyclic) bond motifs is 5. The van der Waals surface area contributed by atoms with Crippen LogP contribution in [0.5, 0.6) is 0 Å². The van der Waals surface area contributed by atoms with E-state index in [4.69, 9.17) is 0 Å². The Balaban J connectivity index is 1.83. The number of halogens is 1. The van der Waals surface area contributed by atoms with E-state index >= 15 is 0 Å². The molecule has 0 amide bonds. The molecule has 0 saturated carbocycles. The molecule has 7 aromatic rings. The van der Waals surface area contributed by atoms with Crippen LogP contribution in [-0.4, -0.2) is 4.40 Å². The summed E-state index contributed by atoms with van der Waals surface area (Å²) in [5, 5.41) is 3.36. The minimum Gasteiger partial charge on any atom is -0.307 e. The monoisotopic (exact) mass is 463 g/mol. The molecule has 0 bridgehead atoms. The van der Waals surface area contributed by atoms with Gasteiger partial charge in [0.05, 0.1) is 16.7 Å². The first-order valence-corrected chi connectivity index (χ1v) is 12.2. The maximum atomic E-state index is 14.8. The second-order valence-corrected chi connectivity index (χ2v) is 9.09. The number of hydrogen-bond donors (Lipinski definition) is 0. The average Bonchev–Trinajstić information content (AvgIpc) is 3.28. The molecule has 2 heterocycles. The van der Waals surface area contributed by atoms with Crippen molar-refractivity contribution in [2.75, 3.05) is 0 Å². The van der Waals surface area contributed by atoms with Crippen molar-refractivity contribution in [1.29, 1.82) is 0 Å². The molecule has 0 atom stereocenters. The minimum absolute atomic E-state index is 0.241. The predicted octanol–water partition coefficient (Wildman–Crippen LogP) is 9.39. The molecule has 0 unspecified atom stereocenters. The first kappa shape index (κ1) is 20.7. The van der Waals surface area contributed by atoms with Crippen molar-refractivity contribution in [3.63, 3.8) is 0 Å². The lowest BCUT2D eigenvalue weighted by Gasteiger charge is -2.19. The van der Waals surface area contributed by atoms with E-state index in [9.17, 15) is 4.39 Å². The first-order valence-electron chi connectivity index (χ1n) is 12.2. The van der Waals surface area contributed by atoms with Crippen molar-refractivity contribution >= 4 is 27.2 Å². The van der Waals surface area contributed by atoms with E-state index in [1.54, 1.807) is 12.1 Å². The highest BCUT2D eigenvalue weighted by molar-refractivity contribution is 6.19. The molecular formula is C34H22FN. The van der Waals surface area contributed by atoms with Crippen LogP contribution in [0, 0.1) is 5.82 Å². The van der Waals surface area contributed by atoms with Gasteiger partial charge in [-0.15, -0.1) is 0 Å². The van der Waals surface area contributed by atoms with Crippen molar-refractivity contribution in [2.45, 2.75) is 0 Å². The maximum Gasteiger partial charge on any atom is 0.125 e. The zero-order chi connectivity index (χ0) is 24.1. The van der Waals surface area contributed by atoms with Crippen molar-refractivity contribution in [2.24, 2.45) is 0 Å². The summed E-state index contributed by atoms with van der Waals surface area (Å²) in [6.07, 6.45) is 0. The van der Waals surface area contributed by atoms with Crippen LogP contribution in [0.1, 0.15) is 0 Å². The Morgan fingerprint density at radius 3 is 1.61 bits per heavy atom. The Hall–Kier alpha value is -4.69. The van der Waals surface area contributed by atoms with Gasteiger partial charge in [-0.05, 0) is 40.3 Å². The Labute approximate surface area is 208 Å². The smallest absolute Gasteiger partial charge is 0.125 e. The number of benzene rings is 5. The van der Waals surface area contributed by atoms with Crippen LogP contribution in [0.15, 0.2) is 133 Å². The Bertz CT molecular complexity index is 1870. The van der Waals surface area contributed by atoms with Gasteiger partial charge < -0.3 is 4.40 Å². The van der Waals surface area contributed by atoms with Crippen LogP contribution in [0.2, 0.25) is 0 Å². The number of hydrogen-bond acceptors (Lipinski definition) is 0. The fourth-order valence-electron chi connectivity index (χ4n) is 5.56. The number of rotatable bonds is 3. The summed E-state index contributed by atoms with van der Waals surface area (Å²) in [6.45, 7) is 0. The van der Waals surface area contributed by atoms with E-state index in [-0.39, 0.29) is 5.82 Å². The van der Waals surface area contributed by atoms with Crippen molar-refractivity contribution in [3.05, 3.63) is 139 Å². The van der Waals surface area contributed by atoms with Crippen LogP contribution in [0.4, 0.5) is 4.39 Å². The van der Waals surface area contributed by atoms with Gasteiger partial charge in [0.1, 0.15) is 5.82 Å². The lowest BCUT2D eigenvalue weighted by atomic mass is 9.92. The van der Waals surface area contributed by atoms with Crippen molar-refractivity contribution < 1.29 is 4.39 Å². The lowest BCUT2D eigenvalue weighted by Crippen LogP contribution is -1.99. The molecule has 0 aliphatic rings. The van der Waals surface area contributed by atoms with Crippen LogP contribution >= 0.6 is 0 Å². The van der Waals surface area contributed by atoms with Gasteiger partial charge in [-0.3, -0.25) is 0 Å². The lowest BCUT2D eigenvalue weighted by molar-refractivity contribution is 0.629. The van der Waals surface area contributed by atoms with E-state index in [1.165, 1.54) is 5.39 Å². The molecule has 0 saturated heterocycles. The van der Waals surface area contributed by atoms with Gasteiger partial charge in [-0.25, -0.2) is 4.39 Å². The standard InChI is InChI=1S/C34H22FN/c35-26-20-21-29-30(22-26)36-33(25-16-8-3-9-17-25)31(23-12-4-1-5-13-23)27-18-10-11-19-28(27)34(36)32(29)24-14-6-2-7-15-24/h1-22H. The van der Waals surface area contributed by atoms with Gasteiger partial charge in [0.15, 0.2) is 0 Å². The Morgan fingerprint density at radius 2 is 0.972 bits per heavy atom. The summed E-state index contributed by atoms with van der Waals surface area (Å²) in [5.41, 5.74) is 8.63. The summed E-state index contributed by atoms with van der Waals surface area (Å²) in [7, 11) is 0. The predicted molar refractivity (Wildman–Crippen MR) is 149 cm³/mol. The molecule has 5 aromatic carbocycles. The molecule has 1 nitrogen and oxygen atoms in total. The van der Waals surface area contributed by atoms with Gasteiger partial charge in [0, 0.05) is 21.9 Å². The van der Waals surface area contributed by atoms with Crippen LogP contribution in [0.3, 0.4) is 0 Å². The third-order valence-corrected chi connectivity index (χ3v) is 7.01. The third-order valence-electron chi connectivity index (χ3n) is 7.01. The highest BCUT2D eigenvalue weighted by Gasteiger charge is 2.24. The maximum absolute atomic E-state index is 14.8. The average molecular weight is 464 g/mol. The molecule has 0 radical (unpaired) electrons. The first-order chi connectivity index (χ1) is 17.8. The molecule has 170 valence electrons. The van der Waals surface area contributed by atoms with Crippen molar-refractivity contribution in [1.82, 2.24) is 4.40 Å². The highest BCUT2D eigenvalue weighted by Crippen LogP contribution is 2.46. The van der Waals surface area contributed by atoms with Crippen LogP contribution < -0.4 is 0 Å². The number of pyridine rings is 1. The Kier molecular flexibility index (Phi) is 4.71. The second-order valence-electron chi connectivity index (χ2n) is 9.09. The minimum atomic E-state index is -0.241. The van der Waals surface area contributed by atoms with Gasteiger partial charge >= 0.3 is 0 Å². The SMILES string of the molecule is Fc1ccc2c(-c3ccccc3)c3c4ccccc4c(-c4ccccc4)c(-c4ccccc4)n3c2c1. The second kappa shape index (κ2) is 8.21. The van der Waals surface area contributed by atoms with E-state index in [0.29, 0.717) is 0 Å². The van der Waals surface area contributed by atoms with Gasteiger partial charge in [0.25, 0.3) is 0 Å². The van der Waals surface area contributed by atoms with E-state index in [2.05, 4.69) is 101 Å². The summed E-state index contributed by atoms with van der Waals surface area (Å²) in [5.74, 6) is -0.241. The third kappa shape index (κ3) is 3.08. The molecule has 0 fully saturated rings. The largest absolute Gasteiger partial charge is 0.307 e. The highest BCUT2D eigenvalue weighted by atomic mass is 19.1. The van der Waals surface area contributed by atoms with Gasteiger partial charge in [-0.2, -0.15) is 0 Å². The normalized spacial score (nSPS) is 11.5. The molecular weight excluding hydrogens is 441 g/mol. The van der Waals surface area contributed by atoms with E-state index in [1.807, 2.05) is 24.3 Å². The Morgan fingerprint density at radius 1 is 0.444 bits per heavy atom. The molecule has 2 aromatic heterocycles. The molecule has 2 heteroatoms. The summed E-state index contributed by atoms with van der Waals surface area (Å²) in [6, 6.07) is 45.1. The molecule has 7 rings (SSSR count). The van der Waals surface area contributed by atoms with Gasteiger partial charge in [0.2, 0.25) is 0 Å².